The van der Waals surface area contributed by atoms with E-state index >= 15 is 0 Å². The molecule has 1 atom stereocenters. The number of amides is 1. The fraction of sp³-hybridized carbons (Fsp3) is 0.333. The zero-order valence-corrected chi connectivity index (χ0v) is 14.0. The van der Waals surface area contributed by atoms with Gasteiger partial charge in [-0.1, -0.05) is 11.6 Å². The van der Waals surface area contributed by atoms with Gasteiger partial charge in [0, 0.05) is 23.0 Å². The smallest absolute Gasteiger partial charge is 0.253 e. The van der Waals surface area contributed by atoms with Crippen molar-refractivity contribution in [3.05, 3.63) is 44.2 Å². The van der Waals surface area contributed by atoms with Gasteiger partial charge in [-0.15, -0.1) is 11.3 Å². The molecular formula is C15H18ClN3OS. The minimum Gasteiger partial charge on any atom is -0.373 e. The second-order valence-corrected chi connectivity index (χ2v) is 6.73. The molecule has 1 amide bonds. The first-order chi connectivity index (χ1) is 9.92. The Morgan fingerprint density at radius 3 is 2.67 bits per heavy atom. The number of thiophene rings is 1. The maximum Gasteiger partial charge on any atom is 0.253 e. The Kier molecular flexibility index (Phi) is 4.85. The number of aromatic nitrogens is 1. The Morgan fingerprint density at radius 2 is 2.10 bits per heavy atom. The number of nitrogens with one attached hydrogen (secondary N) is 2. The molecule has 112 valence electrons. The van der Waals surface area contributed by atoms with E-state index in [1.807, 2.05) is 6.92 Å². The molecule has 6 heteroatoms. The molecule has 0 spiro atoms. The van der Waals surface area contributed by atoms with Crippen molar-refractivity contribution in [3.8, 4) is 0 Å². The molecule has 2 aromatic heterocycles. The third-order valence-corrected chi connectivity index (χ3v) is 4.53. The SMILES string of the molecule is CNc1cc(C(=O)NC(C)c2cc(C)sc2C)c(Cl)cn1. The second-order valence-electron chi connectivity index (χ2n) is 4.86. The van der Waals surface area contributed by atoms with Crippen LogP contribution in [0.3, 0.4) is 0 Å². The molecule has 1 unspecified atom stereocenters. The monoisotopic (exact) mass is 323 g/mol. The number of rotatable bonds is 4. The third-order valence-electron chi connectivity index (χ3n) is 3.25. The van der Waals surface area contributed by atoms with Crippen molar-refractivity contribution in [1.29, 1.82) is 0 Å². The van der Waals surface area contributed by atoms with Gasteiger partial charge in [0.05, 0.1) is 16.6 Å². The molecule has 0 bridgehead atoms. The Balaban J connectivity index is 2.20. The topological polar surface area (TPSA) is 54.0 Å². The number of aryl methyl sites for hydroxylation is 2. The van der Waals surface area contributed by atoms with Crippen molar-refractivity contribution in [1.82, 2.24) is 10.3 Å². The number of hydrogen-bond donors (Lipinski definition) is 2. The number of carbonyl (C=O) groups excluding carboxylic acids is 1. The maximum absolute atomic E-state index is 12.4. The van der Waals surface area contributed by atoms with E-state index in [4.69, 9.17) is 11.6 Å². The molecule has 21 heavy (non-hydrogen) atoms. The predicted molar refractivity (Wildman–Crippen MR) is 88.5 cm³/mol. The summed E-state index contributed by atoms with van der Waals surface area (Å²) in [7, 11) is 1.75. The molecule has 0 aliphatic carbocycles. The van der Waals surface area contributed by atoms with Crippen molar-refractivity contribution < 1.29 is 4.79 Å². The van der Waals surface area contributed by atoms with Crippen LogP contribution >= 0.6 is 22.9 Å². The summed E-state index contributed by atoms with van der Waals surface area (Å²) < 4.78 is 0. The second kappa shape index (κ2) is 6.45. The van der Waals surface area contributed by atoms with E-state index in [-0.39, 0.29) is 11.9 Å². The number of pyridine rings is 1. The summed E-state index contributed by atoms with van der Waals surface area (Å²) in [6, 6.07) is 3.69. The summed E-state index contributed by atoms with van der Waals surface area (Å²) in [6.45, 7) is 6.10. The Labute approximate surface area is 133 Å². The van der Waals surface area contributed by atoms with Crippen LogP contribution in [-0.2, 0) is 0 Å². The van der Waals surface area contributed by atoms with E-state index in [0.29, 0.717) is 16.4 Å². The van der Waals surface area contributed by atoms with Gasteiger partial charge in [-0.2, -0.15) is 0 Å². The van der Waals surface area contributed by atoms with Gasteiger partial charge in [0.25, 0.3) is 5.91 Å². The van der Waals surface area contributed by atoms with Crippen molar-refractivity contribution in [2.75, 3.05) is 12.4 Å². The lowest BCUT2D eigenvalue weighted by molar-refractivity contribution is 0.0940. The largest absolute Gasteiger partial charge is 0.373 e. The summed E-state index contributed by atoms with van der Waals surface area (Å²) >= 11 is 7.80. The molecule has 0 radical (unpaired) electrons. The normalized spacial score (nSPS) is 12.0. The molecule has 2 aromatic rings. The van der Waals surface area contributed by atoms with Gasteiger partial charge < -0.3 is 10.6 Å². The van der Waals surface area contributed by atoms with E-state index in [2.05, 4.69) is 35.5 Å². The number of anilines is 1. The number of carbonyl (C=O) groups is 1. The van der Waals surface area contributed by atoms with Crippen LogP contribution < -0.4 is 10.6 Å². The molecule has 0 aromatic carbocycles. The van der Waals surface area contributed by atoms with Crippen LogP contribution in [0.4, 0.5) is 5.82 Å². The zero-order valence-electron chi connectivity index (χ0n) is 12.5. The Morgan fingerprint density at radius 1 is 1.38 bits per heavy atom. The standard InChI is InChI=1S/C15H18ClN3OS/c1-8-5-11(10(3)21-8)9(2)19-15(20)12-6-14(17-4)18-7-13(12)16/h5-7,9H,1-4H3,(H,17,18)(H,19,20). The minimum atomic E-state index is -0.199. The third kappa shape index (κ3) is 3.54. The minimum absolute atomic E-state index is 0.0651. The highest BCUT2D eigenvalue weighted by atomic mass is 35.5. The first kappa shape index (κ1) is 15.8. The highest BCUT2D eigenvalue weighted by molar-refractivity contribution is 7.12. The maximum atomic E-state index is 12.4. The van der Waals surface area contributed by atoms with Gasteiger partial charge >= 0.3 is 0 Å². The van der Waals surface area contributed by atoms with Crippen LogP contribution in [0.5, 0.6) is 0 Å². The van der Waals surface area contributed by atoms with Gasteiger partial charge in [-0.05, 0) is 38.5 Å². The molecule has 2 heterocycles. The van der Waals surface area contributed by atoms with Crippen molar-refractivity contribution in [2.45, 2.75) is 26.8 Å². The van der Waals surface area contributed by atoms with Crippen LogP contribution in [0.2, 0.25) is 5.02 Å². The van der Waals surface area contributed by atoms with Crippen molar-refractivity contribution >= 4 is 34.7 Å². The fourth-order valence-electron chi connectivity index (χ4n) is 2.18. The fourth-order valence-corrected chi connectivity index (χ4v) is 3.39. The highest BCUT2D eigenvalue weighted by Gasteiger charge is 2.17. The average Bonchev–Trinajstić information content (AvgIpc) is 2.78. The van der Waals surface area contributed by atoms with Crippen molar-refractivity contribution in [2.24, 2.45) is 0 Å². The summed E-state index contributed by atoms with van der Waals surface area (Å²) in [5, 5.41) is 6.23. The van der Waals surface area contributed by atoms with Gasteiger partial charge in [0.15, 0.2) is 0 Å². The van der Waals surface area contributed by atoms with Gasteiger partial charge in [-0.3, -0.25) is 4.79 Å². The van der Waals surface area contributed by atoms with E-state index in [9.17, 15) is 4.79 Å². The van der Waals surface area contributed by atoms with Gasteiger partial charge in [0.2, 0.25) is 0 Å². The lowest BCUT2D eigenvalue weighted by Crippen LogP contribution is -2.27. The number of hydrogen-bond acceptors (Lipinski definition) is 4. The molecule has 0 saturated heterocycles. The van der Waals surface area contributed by atoms with E-state index in [1.54, 1.807) is 24.5 Å². The van der Waals surface area contributed by atoms with Crippen LogP contribution in [0.1, 0.15) is 38.6 Å². The Bertz CT molecular complexity index is 669. The molecular weight excluding hydrogens is 306 g/mol. The quantitative estimate of drug-likeness (QED) is 0.896. The molecule has 2 N–H and O–H groups in total. The van der Waals surface area contributed by atoms with Crippen LogP contribution in [-0.4, -0.2) is 17.9 Å². The first-order valence-corrected chi connectivity index (χ1v) is 7.83. The van der Waals surface area contributed by atoms with Crippen LogP contribution in [0.15, 0.2) is 18.3 Å². The molecule has 4 nitrogen and oxygen atoms in total. The zero-order chi connectivity index (χ0) is 15.6. The molecule has 0 aliphatic heterocycles. The van der Waals surface area contributed by atoms with E-state index in [0.717, 1.165) is 5.56 Å². The first-order valence-electron chi connectivity index (χ1n) is 6.63. The lowest BCUT2D eigenvalue weighted by atomic mass is 10.1. The number of halogens is 1. The predicted octanol–water partition coefficient (Wildman–Crippen LogP) is 3.95. The lowest BCUT2D eigenvalue weighted by Gasteiger charge is -2.15. The Hall–Kier alpha value is -1.59. The average molecular weight is 324 g/mol. The van der Waals surface area contributed by atoms with E-state index in [1.165, 1.54) is 16.0 Å². The summed E-state index contributed by atoms with van der Waals surface area (Å²) in [5.74, 6) is 0.411. The van der Waals surface area contributed by atoms with Crippen LogP contribution in [0.25, 0.3) is 0 Å². The summed E-state index contributed by atoms with van der Waals surface area (Å²) in [5.41, 5.74) is 1.57. The summed E-state index contributed by atoms with van der Waals surface area (Å²) in [6.07, 6.45) is 1.48. The highest BCUT2D eigenvalue weighted by Crippen LogP contribution is 2.27. The molecule has 0 saturated carbocycles. The molecule has 0 aliphatic rings. The van der Waals surface area contributed by atoms with E-state index < -0.39 is 0 Å². The van der Waals surface area contributed by atoms with Gasteiger partial charge in [0.1, 0.15) is 5.82 Å². The van der Waals surface area contributed by atoms with Crippen molar-refractivity contribution in [3.63, 3.8) is 0 Å². The summed E-state index contributed by atoms with van der Waals surface area (Å²) in [4.78, 5) is 18.9. The van der Waals surface area contributed by atoms with Crippen LogP contribution in [0, 0.1) is 13.8 Å². The molecule has 0 fully saturated rings. The molecule has 2 rings (SSSR count). The number of nitrogens with zero attached hydrogens (tertiary/aromatic N) is 1. The van der Waals surface area contributed by atoms with Gasteiger partial charge in [-0.25, -0.2) is 4.98 Å².